The Balaban J connectivity index is 1.62. The number of carbonyl (C=O) groups excluding carboxylic acids is 2. The van der Waals surface area contributed by atoms with Gasteiger partial charge >= 0.3 is 6.09 Å². The minimum Gasteiger partial charge on any atom is -0.492 e. The number of nitrogens with one attached hydrogen (secondary N) is 1. The van der Waals surface area contributed by atoms with Crippen LogP contribution < -0.4 is 20.5 Å². The summed E-state index contributed by atoms with van der Waals surface area (Å²) in [6, 6.07) is 10.2. The van der Waals surface area contributed by atoms with E-state index < -0.39 is 18.1 Å². The predicted octanol–water partition coefficient (Wildman–Crippen LogP) is 3.35. The third-order valence-electron chi connectivity index (χ3n) is 4.39. The van der Waals surface area contributed by atoms with Crippen molar-refractivity contribution in [2.45, 2.75) is 32.3 Å². The third kappa shape index (κ3) is 5.85. The Hall–Kier alpha value is -3.80. The maximum absolute atomic E-state index is 12.1. The van der Waals surface area contributed by atoms with Crippen LogP contribution in [0.4, 0.5) is 10.5 Å². The fraction of sp³-hybridized carbons (Fsp3) is 0.333. The second kappa shape index (κ2) is 9.60. The summed E-state index contributed by atoms with van der Waals surface area (Å²) in [7, 11) is 0. The Bertz CT molecular complexity index is 951. The van der Waals surface area contributed by atoms with Crippen molar-refractivity contribution < 1.29 is 23.8 Å². The zero-order chi connectivity index (χ0) is 21.5. The van der Waals surface area contributed by atoms with Gasteiger partial charge in [-0.15, -0.1) is 0 Å². The first-order valence-electron chi connectivity index (χ1n) is 9.56. The highest BCUT2D eigenvalue weighted by Crippen LogP contribution is 2.32. The highest BCUT2D eigenvalue weighted by molar-refractivity contribution is 5.95. The van der Waals surface area contributed by atoms with Gasteiger partial charge in [0.05, 0.1) is 24.1 Å². The van der Waals surface area contributed by atoms with E-state index in [1.807, 2.05) is 0 Å². The van der Waals surface area contributed by atoms with Crippen LogP contribution in [0.1, 0.15) is 31.7 Å². The Labute approximate surface area is 173 Å². The smallest absolute Gasteiger partial charge is 0.405 e. The Morgan fingerprint density at radius 2 is 2.13 bits per heavy atom. The minimum atomic E-state index is -1.01. The molecule has 0 aliphatic heterocycles. The number of primary amides is 1. The number of nitrogens with zero attached hydrogens (tertiary/aromatic N) is 2. The van der Waals surface area contributed by atoms with Gasteiger partial charge in [0.2, 0.25) is 5.88 Å². The van der Waals surface area contributed by atoms with Crippen molar-refractivity contribution in [3.8, 4) is 23.4 Å². The van der Waals surface area contributed by atoms with Gasteiger partial charge in [0.1, 0.15) is 17.6 Å². The van der Waals surface area contributed by atoms with Gasteiger partial charge in [-0.1, -0.05) is 6.92 Å². The number of ether oxygens (including phenoxy) is 3. The molecule has 9 nitrogen and oxygen atoms in total. The average molecular weight is 410 g/mol. The summed E-state index contributed by atoms with van der Waals surface area (Å²) >= 11 is 0. The summed E-state index contributed by atoms with van der Waals surface area (Å²) in [6.07, 6.45) is 2.01. The summed E-state index contributed by atoms with van der Waals surface area (Å²) in [5.74, 6) is 1.31. The molecule has 1 fully saturated rings. The van der Waals surface area contributed by atoms with Crippen molar-refractivity contribution in [2.75, 3.05) is 11.9 Å². The van der Waals surface area contributed by atoms with E-state index in [9.17, 15) is 14.9 Å². The lowest BCUT2D eigenvalue weighted by Crippen LogP contribution is -2.33. The number of hydrogen-bond acceptors (Lipinski definition) is 7. The van der Waals surface area contributed by atoms with Crippen molar-refractivity contribution in [3.05, 3.63) is 42.1 Å². The summed E-state index contributed by atoms with van der Waals surface area (Å²) in [6.45, 7) is 2.28. The Kier molecular flexibility index (Phi) is 6.70. The molecule has 3 rings (SSSR count). The standard InChI is InChI=1S/C21H22N4O5/c1-2-17(30-21(23)27)20(26)25-15-6-8-19(24-11-15)29-16-7-5-14(10-22)18(9-16)28-12-13-3-4-13/h5-9,11,13,17H,2-4,12H2,1H3,(H2,23,27)(H,25,26)/t17-/m1/s1. The van der Waals surface area contributed by atoms with Gasteiger partial charge in [-0.25, -0.2) is 9.78 Å². The fourth-order valence-electron chi connectivity index (χ4n) is 2.59. The number of anilines is 1. The van der Waals surface area contributed by atoms with Crippen LogP contribution in [0, 0.1) is 17.2 Å². The van der Waals surface area contributed by atoms with Crippen molar-refractivity contribution >= 4 is 17.7 Å². The van der Waals surface area contributed by atoms with Crippen molar-refractivity contribution in [2.24, 2.45) is 11.7 Å². The lowest BCUT2D eigenvalue weighted by atomic mass is 10.2. The van der Waals surface area contributed by atoms with E-state index in [-0.39, 0.29) is 6.42 Å². The Morgan fingerprint density at radius 3 is 2.73 bits per heavy atom. The third-order valence-corrected chi connectivity index (χ3v) is 4.39. The molecule has 3 N–H and O–H groups in total. The molecule has 156 valence electrons. The van der Waals surface area contributed by atoms with Gasteiger partial charge < -0.3 is 25.3 Å². The maximum Gasteiger partial charge on any atom is 0.405 e. The molecule has 1 aromatic heterocycles. The van der Waals surface area contributed by atoms with Crippen LogP contribution in [-0.4, -0.2) is 29.7 Å². The van der Waals surface area contributed by atoms with Crippen LogP contribution in [0.3, 0.4) is 0 Å². The minimum absolute atomic E-state index is 0.285. The summed E-state index contributed by atoms with van der Waals surface area (Å²) in [5.41, 5.74) is 5.81. The molecule has 1 aromatic carbocycles. The molecule has 1 heterocycles. The van der Waals surface area contributed by atoms with E-state index in [2.05, 4.69) is 16.4 Å². The number of aromatic nitrogens is 1. The molecule has 0 unspecified atom stereocenters. The highest BCUT2D eigenvalue weighted by Gasteiger charge is 2.23. The lowest BCUT2D eigenvalue weighted by Gasteiger charge is -2.14. The van der Waals surface area contributed by atoms with Crippen LogP contribution in [0.15, 0.2) is 36.5 Å². The zero-order valence-electron chi connectivity index (χ0n) is 16.5. The van der Waals surface area contributed by atoms with Crippen molar-refractivity contribution in [1.29, 1.82) is 5.26 Å². The molecule has 30 heavy (non-hydrogen) atoms. The monoisotopic (exact) mass is 410 g/mol. The first-order valence-corrected chi connectivity index (χ1v) is 9.56. The van der Waals surface area contributed by atoms with Gasteiger partial charge in [-0.05, 0) is 43.4 Å². The zero-order valence-corrected chi connectivity index (χ0v) is 16.5. The van der Waals surface area contributed by atoms with E-state index >= 15 is 0 Å². The fourth-order valence-corrected chi connectivity index (χ4v) is 2.59. The second-order valence-corrected chi connectivity index (χ2v) is 6.83. The molecule has 9 heteroatoms. The first-order chi connectivity index (χ1) is 14.5. The van der Waals surface area contributed by atoms with Crippen molar-refractivity contribution in [1.82, 2.24) is 4.98 Å². The molecule has 0 bridgehead atoms. The molecular formula is C21H22N4O5. The molecule has 1 atom stereocenters. The van der Waals surface area contributed by atoms with E-state index in [1.54, 1.807) is 37.3 Å². The van der Waals surface area contributed by atoms with Gasteiger partial charge in [0.15, 0.2) is 6.10 Å². The molecular weight excluding hydrogens is 388 g/mol. The lowest BCUT2D eigenvalue weighted by molar-refractivity contribution is -0.124. The van der Waals surface area contributed by atoms with Gasteiger partial charge in [-0.3, -0.25) is 4.79 Å². The number of rotatable bonds is 9. The van der Waals surface area contributed by atoms with Crippen LogP contribution >= 0.6 is 0 Å². The highest BCUT2D eigenvalue weighted by atomic mass is 16.6. The normalized spacial score (nSPS) is 13.6. The molecule has 2 amide bonds. The van der Waals surface area contributed by atoms with E-state index in [4.69, 9.17) is 19.9 Å². The average Bonchev–Trinajstić information content (AvgIpc) is 3.56. The Morgan fingerprint density at radius 1 is 1.33 bits per heavy atom. The molecule has 2 aromatic rings. The van der Waals surface area contributed by atoms with Crippen LogP contribution in [0.5, 0.6) is 17.4 Å². The molecule has 0 spiro atoms. The van der Waals surface area contributed by atoms with E-state index in [0.717, 1.165) is 12.8 Å². The largest absolute Gasteiger partial charge is 0.492 e. The topological polar surface area (TPSA) is 137 Å². The van der Waals surface area contributed by atoms with Gasteiger partial charge in [0.25, 0.3) is 5.91 Å². The van der Waals surface area contributed by atoms with Crippen LogP contribution in [0.25, 0.3) is 0 Å². The van der Waals surface area contributed by atoms with Gasteiger partial charge in [0, 0.05) is 12.1 Å². The number of benzene rings is 1. The number of carbonyl (C=O) groups is 2. The summed E-state index contributed by atoms with van der Waals surface area (Å²) in [4.78, 5) is 27.1. The number of pyridine rings is 1. The number of nitriles is 1. The summed E-state index contributed by atoms with van der Waals surface area (Å²) in [5, 5.41) is 11.8. The quantitative estimate of drug-likeness (QED) is 0.647. The molecule has 1 aliphatic carbocycles. The predicted molar refractivity (Wildman–Crippen MR) is 107 cm³/mol. The number of nitrogens with two attached hydrogens (primary N) is 1. The van der Waals surface area contributed by atoms with E-state index in [1.165, 1.54) is 6.20 Å². The number of amides is 2. The molecule has 0 saturated heterocycles. The van der Waals surface area contributed by atoms with Gasteiger partial charge in [-0.2, -0.15) is 5.26 Å². The second-order valence-electron chi connectivity index (χ2n) is 6.83. The van der Waals surface area contributed by atoms with Crippen LogP contribution in [-0.2, 0) is 9.53 Å². The maximum atomic E-state index is 12.1. The van der Waals surface area contributed by atoms with Crippen molar-refractivity contribution in [3.63, 3.8) is 0 Å². The number of hydrogen-bond donors (Lipinski definition) is 2. The molecule has 1 saturated carbocycles. The van der Waals surface area contributed by atoms with E-state index in [0.29, 0.717) is 41.2 Å². The summed E-state index contributed by atoms with van der Waals surface area (Å²) < 4.78 is 16.2. The van der Waals surface area contributed by atoms with Crippen LogP contribution in [0.2, 0.25) is 0 Å². The molecule has 1 aliphatic rings. The molecule has 0 radical (unpaired) electrons. The first kappa shape index (κ1) is 20.9. The SMILES string of the molecule is CC[C@@H](OC(N)=O)C(=O)Nc1ccc(Oc2ccc(C#N)c(OCC3CC3)c2)nc1.